The molecule has 0 saturated heterocycles. The van der Waals surface area contributed by atoms with Crippen LogP contribution in [0.3, 0.4) is 0 Å². The van der Waals surface area contributed by atoms with Gasteiger partial charge in [-0.05, 0) is 57.5 Å². The van der Waals surface area contributed by atoms with Gasteiger partial charge in [0.15, 0.2) is 5.58 Å². The second kappa shape index (κ2) is 5.74. The number of pyridine rings is 1. The summed E-state index contributed by atoms with van der Waals surface area (Å²) in [4.78, 5) is 9.41. The second-order valence-corrected chi connectivity index (χ2v) is 7.64. The van der Waals surface area contributed by atoms with E-state index >= 15 is 0 Å². The number of aryl methyl sites for hydroxylation is 2. The van der Waals surface area contributed by atoms with Crippen molar-refractivity contribution in [2.75, 3.05) is 16.5 Å². The number of nitrogens with zero attached hydrogens (tertiary/aromatic N) is 3. The largest absolute Gasteiger partial charge is 0.435 e. The van der Waals surface area contributed by atoms with Crippen molar-refractivity contribution in [2.45, 2.75) is 33.7 Å². The van der Waals surface area contributed by atoms with E-state index in [-0.39, 0.29) is 0 Å². The molecule has 0 radical (unpaired) electrons. The number of fused-ring (bicyclic) bond motifs is 4. The smallest absolute Gasteiger partial charge is 0.227 e. The van der Waals surface area contributed by atoms with Gasteiger partial charge >= 0.3 is 0 Å². The Morgan fingerprint density at radius 3 is 2.44 bits per heavy atom. The molecule has 0 amide bonds. The Bertz CT molecular complexity index is 1180. The normalized spacial score (nSPS) is 14.0. The number of aromatic nitrogens is 1. The average Bonchev–Trinajstić information content (AvgIpc) is 3.20. The Balaban J connectivity index is 1.78. The van der Waals surface area contributed by atoms with E-state index in [0.29, 0.717) is 11.8 Å². The number of furan rings is 1. The van der Waals surface area contributed by atoms with E-state index in [9.17, 15) is 0 Å². The number of benzene rings is 2. The third kappa shape index (κ3) is 2.33. The van der Waals surface area contributed by atoms with Gasteiger partial charge in [0, 0.05) is 22.5 Å². The van der Waals surface area contributed by atoms with Crippen LogP contribution in [-0.4, -0.2) is 17.7 Å². The lowest BCUT2D eigenvalue weighted by molar-refractivity contribution is 0.649. The molecule has 4 heteroatoms. The molecule has 1 aliphatic heterocycles. The van der Waals surface area contributed by atoms with E-state index in [1.54, 1.807) is 0 Å². The number of para-hydroxylation sites is 2. The van der Waals surface area contributed by atoms with E-state index in [1.807, 2.05) is 13.0 Å². The van der Waals surface area contributed by atoms with Crippen molar-refractivity contribution < 1.29 is 4.42 Å². The molecule has 0 N–H and O–H groups in total. The molecule has 0 unspecified atom stereocenters. The van der Waals surface area contributed by atoms with E-state index in [2.05, 4.69) is 78.0 Å². The summed E-state index contributed by atoms with van der Waals surface area (Å²) in [7, 11) is 0. The monoisotopic (exact) mass is 357 g/mol. The van der Waals surface area contributed by atoms with E-state index in [0.717, 1.165) is 34.4 Å². The van der Waals surface area contributed by atoms with Gasteiger partial charge < -0.3 is 14.2 Å². The van der Waals surface area contributed by atoms with E-state index < -0.39 is 0 Å². The first-order valence-electron chi connectivity index (χ1n) is 9.47. The zero-order valence-electron chi connectivity index (χ0n) is 16.2. The number of anilines is 3. The Kier molecular flexibility index (Phi) is 3.44. The summed E-state index contributed by atoms with van der Waals surface area (Å²) in [6.45, 7) is 9.45. The summed E-state index contributed by atoms with van der Waals surface area (Å²) in [6, 6.07) is 17.5. The summed E-state index contributed by atoms with van der Waals surface area (Å²) in [6.07, 6.45) is 0. The van der Waals surface area contributed by atoms with Crippen LogP contribution in [0.5, 0.6) is 0 Å². The van der Waals surface area contributed by atoms with Gasteiger partial charge in [-0.25, -0.2) is 4.98 Å². The molecule has 2 aromatic heterocycles. The van der Waals surface area contributed by atoms with Gasteiger partial charge in [0.2, 0.25) is 5.71 Å². The predicted molar refractivity (Wildman–Crippen MR) is 112 cm³/mol. The molecule has 0 saturated carbocycles. The highest BCUT2D eigenvalue weighted by molar-refractivity contribution is 6.09. The first kappa shape index (κ1) is 16.2. The van der Waals surface area contributed by atoms with Crippen LogP contribution in [0.2, 0.25) is 0 Å². The molecular weight excluding hydrogens is 334 g/mol. The molecule has 1 aliphatic rings. The SMILES string of the molecule is Cc1ccc2c(n1)oc1c(N3CN(C(C)C)c4ccccc43)c(C)ccc12. The zero-order chi connectivity index (χ0) is 18.7. The highest BCUT2D eigenvalue weighted by Crippen LogP contribution is 2.46. The van der Waals surface area contributed by atoms with Crippen LogP contribution in [0.1, 0.15) is 25.1 Å². The topological polar surface area (TPSA) is 32.5 Å². The minimum absolute atomic E-state index is 0.427. The molecular formula is C23H23N3O. The summed E-state index contributed by atoms with van der Waals surface area (Å²) in [5.74, 6) is 0. The molecule has 4 aromatic rings. The lowest BCUT2D eigenvalue weighted by Crippen LogP contribution is -2.33. The first-order valence-corrected chi connectivity index (χ1v) is 9.47. The van der Waals surface area contributed by atoms with Gasteiger partial charge in [0.1, 0.15) is 0 Å². The van der Waals surface area contributed by atoms with Crippen LogP contribution < -0.4 is 9.80 Å². The zero-order valence-corrected chi connectivity index (χ0v) is 16.2. The first-order chi connectivity index (χ1) is 13.0. The van der Waals surface area contributed by atoms with Crippen molar-refractivity contribution in [3.05, 3.63) is 59.8 Å². The molecule has 3 heterocycles. The molecule has 136 valence electrons. The minimum atomic E-state index is 0.427. The lowest BCUT2D eigenvalue weighted by Gasteiger charge is -2.26. The maximum absolute atomic E-state index is 6.30. The second-order valence-electron chi connectivity index (χ2n) is 7.64. The summed E-state index contributed by atoms with van der Waals surface area (Å²) < 4.78 is 6.30. The fraction of sp³-hybridized carbons (Fsp3) is 0.261. The molecule has 27 heavy (non-hydrogen) atoms. The van der Waals surface area contributed by atoms with Crippen molar-refractivity contribution in [3.8, 4) is 0 Å². The van der Waals surface area contributed by atoms with Crippen LogP contribution in [-0.2, 0) is 0 Å². The Morgan fingerprint density at radius 2 is 1.67 bits per heavy atom. The maximum Gasteiger partial charge on any atom is 0.227 e. The maximum atomic E-state index is 6.30. The summed E-state index contributed by atoms with van der Waals surface area (Å²) >= 11 is 0. The molecule has 5 rings (SSSR count). The predicted octanol–water partition coefficient (Wildman–Crippen LogP) is 5.92. The van der Waals surface area contributed by atoms with E-state index in [1.165, 1.54) is 16.9 Å². The lowest BCUT2D eigenvalue weighted by atomic mass is 10.1. The average molecular weight is 357 g/mol. The number of rotatable bonds is 2. The summed E-state index contributed by atoms with van der Waals surface area (Å²) in [5.41, 5.74) is 7.45. The molecule has 0 bridgehead atoms. The fourth-order valence-corrected chi connectivity index (χ4v) is 4.11. The highest BCUT2D eigenvalue weighted by Gasteiger charge is 2.31. The molecule has 4 nitrogen and oxygen atoms in total. The van der Waals surface area contributed by atoms with Gasteiger partial charge in [-0.3, -0.25) is 0 Å². The van der Waals surface area contributed by atoms with Gasteiger partial charge in [-0.2, -0.15) is 0 Å². The third-order valence-electron chi connectivity index (χ3n) is 5.49. The Morgan fingerprint density at radius 1 is 0.926 bits per heavy atom. The summed E-state index contributed by atoms with van der Waals surface area (Å²) in [5, 5.41) is 2.20. The highest BCUT2D eigenvalue weighted by atomic mass is 16.3. The van der Waals surface area contributed by atoms with Gasteiger partial charge in [-0.1, -0.05) is 24.3 Å². The standard InChI is InChI=1S/C23H23N3O/c1-14(2)25-13-26(20-8-6-5-7-19(20)25)21-15(3)9-11-17-18-12-10-16(4)24-23(18)27-22(17)21/h5-12,14H,13H2,1-4H3. The quantitative estimate of drug-likeness (QED) is 0.446. The number of hydrogen-bond acceptors (Lipinski definition) is 4. The van der Waals surface area contributed by atoms with Gasteiger partial charge in [-0.15, -0.1) is 0 Å². The Labute approximate surface area is 159 Å². The minimum Gasteiger partial charge on any atom is -0.435 e. The van der Waals surface area contributed by atoms with Gasteiger partial charge in [0.25, 0.3) is 0 Å². The van der Waals surface area contributed by atoms with Crippen molar-refractivity contribution in [1.82, 2.24) is 4.98 Å². The van der Waals surface area contributed by atoms with Crippen LogP contribution in [0.15, 0.2) is 52.9 Å². The molecule has 0 fully saturated rings. The molecule has 0 spiro atoms. The van der Waals surface area contributed by atoms with Crippen LogP contribution in [0.25, 0.3) is 22.1 Å². The van der Waals surface area contributed by atoms with E-state index in [4.69, 9.17) is 4.42 Å². The van der Waals surface area contributed by atoms with Crippen LogP contribution in [0.4, 0.5) is 17.1 Å². The molecule has 0 atom stereocenters. The third-order valence-corrected chi connectivity index (χ3v) is 5.49. The van der Waals surface area contributed by atoms with Crippen molar-refractivity contribution in [3.63, 3.8) is 0 Å². The van der Waals surface area contributed by atoms with Crippen LogP contribution in [0, 0.1) is 13.8 Å². The van der Waals surface area contributed by atoms with Crippen molar-refractivity contribution in [1.29, 1.82) is 0 Å². The molecule has 0 aliphatic carbocycles. The fourth-order valence-electron chi connectivity index (χ4n) is 4.11. The van der Waals surface area contributed by atoms with Gasteiger partial charge in [0.05, 0.1) is 23.7 Å². The van der Waals surface area contributed by atoms with Crippen LogP contribution >= 0.6 is 0 Å². The van der Waals surface area contributed by atoms with Crippen molar-refractivity contribution in [2.24, 2.45) is 0 Å². The molecule has 2 aromatic carbocycles. The number of hydrogen-bond donors (Lipinski definition) is 0. The Hall–Kier alpha value is -3.01. The van der Waals surface area contributed by atoms with Crippen molar-refractivity contribution >= 4 is 39.1 Å².